The summed E-state index contributed by atoms with van der Waals surface area (Å²) >= 11 is 1.49. The van der Waals surface area contributed by atoms with Crippen LogP contribution < -0.4 is 5.43 Å². The molecule has 0 radical (unpaired) electrons. The van der Waals surface area contributed by atoms with Gasteiger partial charge in [-0.2, -0.15) is 5.10 Å². The lowest BCUT2D eigenvalue weighted by Crippen LogP contribution is -2.26. The highest BCUT2D eigenvalue weighted by atomic mass is 32.2. The fourth-order valence-electron chi connectivity index (χ4n) is 1.37. The topological polar surface area (TPSA) is 54.6 Å². The van der Waals surface area contributed by atoms with Crippen LogP contribution in [-0.4, -0.2) is 17.4 Å². The minimum atomic E-state index is -0.212. The maximum Gasteiger partial charge on any atom is 0.253 e. The van der Waals surface area contributed by atoms with E-state index < -0.39 is 0 Å². The SMILES string of the molecule is C[C@H](Sc1ccccc1)C(=O)N/N=C\c1ccco1. The van der Waals surface area contributed by atoms with E-state index in [0.717, 1.165) is 4.90 Å². The van der Waals surface area contributed by atoms with E-state index in [1.54, 1.807) is 18.4 Å². The molecule has 0 fully saturated rings. The third-order valence-corrected chi connectivity index (χ3v) is 3.45. The first-order chi connectivity index (χ1) is 9.25. The Morgan fingerprint density at radius 1 is 1.32 bits per heavy atom. The first-order valence-electron chi connectivity index (χ1n) is 5.84. The lowest BCUT2D eigenvalue weighted by atomic mass is 10.4. The molecular formula is C14H14N2O2S. The predicted molar refractivity (Wildman–Crippen MR) is 76.2 cm³/mol. The highest BCUT2D eigenvalue weighted by Gasteiger charge is 2.13. The number of hydrazone groups is 1. The number of nitrogens with one attached hydrogen (secondary N) is 1. The summed E-state index contributed by atoms with van der Waals surface area (Å²) < 4.78 is 5.07. The number of thioether (sulfide) groups is 1. The van der Waals surface area contributed by atoms with Gasteiger partial charge in [0.25, 0.3) is 5.91 Å². The molecule has 4 nitrogen and oxygen atoms in total. The van der Waals surface area contributed by atoms with Crippen LogP contribution >= 0.6 is 11.8 Å². The molecule has 0 unspecified atom stereocenters. The van der Waals surface area contributed by atoms with Gasteiger partial charge < -0.3 is 4.42 Å². The molecule has 1 heterocycles. The van der Waals surface area contributed by atoms with Gasteiger partial charge in [0.1, 0.15) is 5.76 Å². The molecule has 0 aliphatic heterocycles. The van der Waals surface area contributed by atoms with Crippen molar-refractivity contribution in [1.29, 1.82) is 0 Å². The van der Waals surface area contributed by atoms with E-state index in [2.05, 4.69) is 10.5 Å². The number of carbonyl (C=O) groups excluding carboxylic acids is 1. The van der Waals surface area contributed by atoms with Gasteiger partial charge in [0.15, 0.2) is 0 Å². The monoisotopic (exact) mass is 274 g/mol. The molecule has 0 saturated carbocycles. The minimum Gasteiger partial charge on any atom is -0.463 e. The molecule has 0 spiro atoms. The van der Waals surface area contributed by atoms with Crippen molar-refractivity contribution in [3.63, 3.8) is 0 Å². The van der Waals surface area contributed by atoms with Crippen molar-refractivity contribution in [1.82, 2.24) is 5.43 Å². The van der Waals surface area contributed by atoms with Crippen molar-refractivity contribution < 1.29 is 9.21 Å². The average Bonchev–Trinajstić information content (AvgIpc) is 2.93. The van der Waals surface area contributed by atoms with Crippen molar-refractivity contribution in [3.05, 3.63) is 54.5 Å². The zero-order valence-corrected chi connectivity index (χ0v) is 11.3. The van der Waals surface area contributed by atoms with Crippen LogP contribution in [0.3, 0.4) is 0 Å². The first kappa shape index (κ1) is 13.4. The maximum atomic E-state index is 11.8. The van der Waals surface area contributed by atoms with Gasteiger partial charge in [-0.25, -0.2) is 5.43 Å². The molecular weight excluding hydrogens is 260 g/mol. The molecule has 0 aliphatic rings. The van der Waals surface area contributed by atoms with Crippen LogP contribution in [0.5, 0.6) is 0 Å². The van der Waals surface area contributed by atoms with Crippen LogP contribution in [-0.2, 0) is 4.79 Å². The molecule has 2 aromatic rings. The number of nitrogens with zero attached hydrogens (tertiary/aromatic N) is 1. The number of furan rings is 1. The van der Waals surface area contributed by atoms with Gasteiger partial charge in [0.2, 0.25) is 0 Å². The Kier molecular flexibility index (Phi) is 4.80. The number of hydrogen-bond donors (Lipinski definition) is 1. The zero-order chi connectivity index (χ0) is 13.5. The number of benzene rings is 1. The van der Waals surface area contributed by atoms with E-state index in [-0.39, 0.29) is 11.2 Å². The number of amides is 1. The summed E-state index contributed by atoms with van der Waals surface area (Å²) in [6.07, 6.45) is 3.02. The summed E-state index contributed by atoms with van der Waals surface area (Å²) in [7, 11) is 0. The maximum absolute atomic E-state index is 11.8. The largest absolute Gasteiger partial charge is 0.463 e. The molecule has 98 valence electrons. The zero-order valence-electron chi connectivity index (χ0n) is 10.4. The highest BCUT2D eigenvalue weighted by Crippen LogP contribution is 2.22. The fraction of sp³-hybridized carbons (Fsp3) is 0.143. The Labute approximate surface area is 115 Å². The van der Waals surface area contributed by atoms with Crippen LogP contribution in [0.4, 0.5) is 0 Å². The summed E-state index contributed by atoms with van der Waals surface area (Å²) in [5.41, 5.74) is 2.49. The Morgan fingerprint density at radius 3 is 2.79 bits per heavy atom. The van der Waals surface area contributed by atoms with Crippen molar-refractivity contribution in [2.24, 2.45) is 5.10 Å². The van der Waals surface area contributed by atoms with Crippen LogP contribution in [0.15, 0.2) is 63.1 Å². The van der Waals surface area contributed by atoms with Crippen LogP contribution in [0, 0.1) is 0 Å². The second-order valence-corrected chi connectivity index (χ2v) is 5.24. The standard InChI is InChI=1S/C14H14N2O2S/c1-11(19-13-7-3-2-4-8-13)14(17)16-15-10-12-6-5-9-18-12/h2-11H,1H3,(H,16,17)/b15-10-/t11-/m0/s1. The predicted octanol–water partition coefficient (Wildman–Crippen LogP) is 2.91. The summed E-state index contributed by atoms with van der Waals surface area (Å²) in [6.45, 7) is 1.84. The molecule has 1 aromatic heterocycles. The number of rotatable bonds is 5. The smallest absolute Gasteiger partial charge is 0.253 e. The number of carbonyl (C=O) groups is 1. The second kappa shape index (κ2) is 6.80. The molecule has 1 N–H and O–H groups in total. The molecule has 1 amide bonds. The Morgan fingerprint density at radius 2 is 2.11 bits per heavy atom. The fourth-order valence-corrected chi connectivity index (χ4v) is 2.25. The molecule has 19 heavy (non-hydrogen) atoms. The van der Waals surface area contributed by atoms with Crippen molar-refractivity contribution in [2.75, 3.05) is 0 Å². The van der Waals surface area contributed by atoms with E-state index in [1.165, 1.54) is 18.0 Å². The molecule has 2 rings (SSSR count). The van der Waals surface area contributed by atoms with E-state index in [9.17, 15) is 4.79 Å². The third kappa shape index (κ3) is 4.30. The summed E-state index contributed by atoms with van der Waals surface area (Å²) in [5, 5.41) is 3.63. The Balaban J connectivity index is 1.83. The minimum absolute atomic E-state index is 0.142. The first-order valence-corrected chi connectivity index (χ1v) is 6.72. The molecule has 0 saturated heterocycles. The molecule has 0 aliphatic carbocycles. The summed E-state index contributed by atoms with van der Waals surface area (Å²) in [6, 6.07) is 13.3. The van der Waals surface area contributed by atoms with E-state index >= 15 is 0 Å². The molecule has 1 atom stereocenters. The van der Waals surface area contributed by atoms with E-state index in [4.69, 9.17) is 4.42 Å². The highest BCUT2D eigenvalue weighted by molar-refractivity contribution is 8.00. The lowest BCUT2D eigenvalue weighted by Gasteiger charge is -2.08. The number of hydrogen-bond acceptors (Lipinski definition) is 4. The van der Waals surface area contributed by atoms with Gasteiger partial charge in [0.05, 0.1) is 17.7 Å². The average molecular weight is 274 g/mol. The molecule has 5 heteroatoms. The van der Waals surface area contributed by atoms with Crippen LogP contribution in [0.25, 0.3) is 0 Å². The third-order valence-electron chi connectivity index (χ3n) is 2.34. The van der Waals surface area contributed by atoms with Crippen molar-refractivity contribution >= 4 is 23.9 Å². The quantitative estimate of drug-likeness (QED) is 0.518. The van der Waals surface area contributed by atoms with E-state index in [0.29, 0.717) is 5.76 Å². The van der Waals surface area contributed by atoms with Crippen molar-refractivity contribution in [3.8, 4) is 0 Å². The second-order valence-electron chi connectivity index (χ2n) is 3.82. The van der Waals surface area contributed by atoms with Crippen LogP contribution in [0.1, 0.15) is 12.7 Å². The van der Waals surface area contributed by atoms with E-state index in [1.807, 2.05) is 37.3 Å². The van der Waals surface area contributed by atoms with Gasteiger partial charge in [-0.3, -0.25) is 4.79 Å². The molecule has 0 bridgehead atoms. The van der Waals surface area contributed by atoms with Gasteiger partial charge in [-0.05, 0) is 31.2 Å². The lowest BCUT2D eigenvalue weighted by molar-refractivity contribution is -0.120. The van der Waals surface area contributed by atoms with Crippen LogP contribution in [0.2, 0.25) is 0 Å². The summed E-state index contributed by atoms with van der Waals surface area (Å²) in [5.74, 6) is 0.459. The normalized spacial score (nSPS) is 12.5. The van der Waals surface area contributed by atoms with Gasteiger partial charge >= 0.3 is 0 Å². The van der Waals surface area contributed by atoms with Gasteiger partial charge in [-0.1, -0.05) is 18.2 Å². The summed E-state index contributed by atoms with van der Waals surface area (Å²) in [4.78, 5) is 12.9. The van der Waals surface area contributed by atoms with Crippen molar-refractivity contribution in [2.45, 2.75) is 17.1 Å². The Hall–Kier alpha value is -2.01. The Bertz CT molecular complexity index is 538. The van der Waals surface area contributed by atoms with Gasteiger partial charge in [-0.15, -0.1) is 11.8 Å². The van der Waals surface area contributed by atoms with Gasteiger partial charge in [0, 0.05) is 4.90 Å². The molecule has 1 aromatic carbocycles.